The van der Waals surface area contributed by atoms with Crippen molar-refractivity contribution < 1.29 is 14.4 Å². The van der Waals surface area contributed by atoms with Crippen LogP contribution in [0.15, 0.2) is 22.7 Å². The summed E-state index contributed by atoms with van der Waals surface area (Å²) in [5, 5.41) is 0. The van der Waals surface area contributed by atoms with Crippen molar-refractivity contribution in [3.05, 3.63) is 33.8 Å². The van der Waals surface area contributed by atoms with Gasteiger partial charge in [0.2, 0.25) is 11.8 Å². The number of carbonyl (C=O) groups excluding carboxylic acids is 3. The van der Waals surface area contributed by atoms with E-state index in [1.807, 2.05) is 6.07 Å². The third kappa shape index (κ3) is 1.48. The monoisotopic (exact) mass is 321 g/mol. The van der Waals surface area contributed by atoms with Crippen LogP contribution in [0, 0.1) is 5.92 Å². The number of benzene rings is 1. The van der Waals surface area contributed by atoms with Gasteiger partial charge in [-0.1, -0.05) is 35.0 Å². The van der Waals surface area contributed by atoms with E-state index >= 15 is 0 Å². The Balaban J connectivity index is 2.22. The Morgan fingerprint density at radius 2 is 2.00 bits per heavy atom. The van der Waals surface area contributed by atoms with Crippen LogP contribution < -0.4 is 0 Å². The van der Waals surface area contributed by atoms with Gasteiger partial charge in [0.15, 0.2) is 5.78 Å². The Hall–Kier alpha value is -1.49. The van der Waals surface area contributed by atoms with Crippen molar-refractivity contribution in [2.75, 3.05) is 0 Å². The van der Waals surface area contributed by atoms with Gasteiger partial charge < -0.3 is 0 Å². The number of hydrogen-bond donors (Lipinski definition) is 0. The lowest BCUT2D eigenvalue weighted by atomic mass is 9.89. The molecule has 1 aromatic carbocycles. The fraction of sp³-hybridized carbons (Fsp3) is 0.357. The highest BCUT2D eigenvalue weighted by atomic mass is 79.9. The molecule has 1 aliphatic heterocycles. The molecule has 0 saturated carbocycles. The molecule has 1 fully saturated rings. The number of fused-ring (bicyclic) bond motifs is 3. The molecule has 1 saturated heterocycles. The summed E-state index contributed by atoms with van der Waals surface area (Å²) >= 11 is 3.45. The quantitative estimate of drug-likeness (QED) is 0.735. The van der Waals surface area contributed by atoms with Gasteiger partial charge >= 0.3 is 0 Å². The standard InChI is InChI=1S/C14H12BrNO3/c1-6-10-11-8(4-3-5-9(11)15)13(18)12(10)16(7(2)17)14(6)19/h3-6,10,12H,1-2H3/t6-,10-,12-/m0/s1. The molecule has 1 aliphatic carbocycles. The maximum atomic E-state index is 12.5. The number of Topliss-reactive ketones (excluding diaryl/α,β-unsaturated/α-hetero) is 1. The van der Waals surface area contributed by atoms with Crippen LogP contribution in [0.1, 0.15) is 35.7 Å². The number of hydrogen-bond acceptors (Lipinski definition) is 3. The number of carbonyl (C=O) groups is 3. The minimum Gasteiger partial charge on any atom is -0.292 e. The molecule has 0 spiro atoms. The number of halogens is 1. The molecule has 0 aromatic heterocycles. The molecule has 19 heavy (non-hydrogen) atoms. The van der Waals surface area contributed by atoms with Crippen molar-refractivity contribution in [1.29, 1.82) is 0 Å². The second-order valence-electron chi connectivity index (χ2n) is 5.05. The van der Waals surface area contributed by atoms with Gasteiger partial charge in [-0.2, -0.15) is 0 Å². The first-order chi connectivity index (χ1) is 8.95. The molecule has 3 rings (SSSR count). The fourth-order valence-electron chi connectivity index (χ4n) is 3.23. The van der Waals surface area contributed by atoms with Crippen LogP contribution in [0.2, 0.25) is 0 Å². The van der Waals surface area contributed by atoms with Gasteiger partial charge in [0.1, 0.15) is 6.04 Å². The van der Waals surface area contributed by atoms with E-state index in [0.29, 0.717) is 5.56 Å². The molecule has 4 nitrogen and oxygen atoms in total. The summed E-state index contributed by atoms with van der Waals surface area (Å²) in [5.74, 6) is -1.32. The molecular formula is C14H12BrNO3. The molecule has 0 radical (unpaired) electrons. The molecular weight excluding hydrogens is 310 g/mol. The number of nitrogens with zero attached hydrogens (tertiary/aromatic N) is 1. The molecule has 2 aliphatic rings. The average molecular weight is 322 g/mol. The Bertz CT molecular complexity index is 625. The van der Waals surface area contributed by atoms with Gasteiger partial charge in [-0.05, 0) is 11.6 Å². The van der Waals surface area contributed by atoms with E-state index in [1.54, 1.807) is 19.1 Å². The number of imide groups is 1. The zero-order valence-electron chi connectivity index (χ0n) is 10.5. The third-order valence-corrected chi connectivity index (χ3v) is 4.74. The lowest BCUT2D eigenvalue weighted by Crippen LogP contribution is -2.41. The zero-order valence-corrected chi connectivity index (χ0v) is 12.1. The van der Waals surface area contributed by atoms with Crippen LogP contribution in [0.3, 0.4) is 0 Å². The lowest BCUT2D eigenvalue weighted by Gasteiger charge is -2.18. The maximum absolute atomic E-state index is 12.5. The predicted molar refractivity (Wildman–Crippen MR) is 71.7 cm³/mol. The van der Waals surface area contributed by atoms with E-state index in [-0.39, 0.29) is 29.4 Å². The average Bonchev–Trinajstić information content (AvgIpc) is 2.77. The van der Waals surface area contributed by atoms with Crippen LogP contribution in [0.25, 0.3) is 0 Å². The Labute approximate surface area is 118 Å². The number of amides is 2. The van der Waals surface area contributed by atoms with E-state index in [0.717, 1.165) is 14.9 Å². The highest BCUT2D eigenvalue weighted by molar-refractivity contribution is 9.10. The smallest absolute Gasteiger partial charge is 0.233 e. The van der Waals surface area contributed by atoms with Crippen LogP contribution >= 0.6 is 15.9 Å². The first kappa shape index (κ1) is 12.5. The Morgan fingerprint density at radius 1 is 1.32 bits per heavy atom. The summed E-state index contributed by atoms with van der Waals surface area (Å²) in [6.45, 7) is 3.11. The summed E-state index contributed by atoms with van der Waals surface area (Å²) in [7, 11) is 0. The molecule has 2 amide bonds. The summed E-state index contributed by atoms with van der Waals surface area (Å²) in [4.78, 5) is 37.4. The molecule has 0 N–H and O–H groups in total. The second-order valence-corrected chi connectivity index (χ2v) is 5.91. The minimum atomic E-state index is -0.659. The van der Waals surface area contributed by atoms with Crippen molar-refractivity contribution in [3.63, 3.8) is 0 Å². The van der Waals surface area contributed by atoms with Crippen LogP contribution in [0.4, 0.5) is 0 Å². The fourth-order valence-corrected chi connectivity index (χ4v) is 3.86. The van der Waals surface area contributed by atoms with Crippen LogP contribution in [-0.2, 0) is 9.59 Å². The van der Waals surface area contributed by atoms with Crippen molar-refractivity contribution in [3.8, 4) is 0 Å². The topological polar surface area (TPSA) is 54.5 Å². The molecule has 0 unspecified atom stereocenters. The number of rotatable bonds is 0. The largest absolute Gasteiger partial charge is 0.292 e. The van der Waals surface area contributed by atoms with Crippen LogP contribution in [-0.4, -0.2) is 28.5 Å². The highest BCUT2D eigenvalue weighted by Gasteiger charge is 2.56. The van der Waals surface area contributed by atoms with Gasteiger partial charge in [-0.15, -0.1) is 0 Å². The van der Waals surface area contributed by atoms with E-state index in [2.05, 4.69) is 15.9 Å². The van der Waals surface area contributed by atoms with Gasteiger partial charge in [0.25, 0.3) is 0 Å². The Morgan fingerprint density at radius 3 is 2.63 bits per heavy atom. The SMILES string of the molecule is CC(=O)N1C(=O)[C@@H](C)[C@H]2c3c(Br)cccc3C(=O)[C@H]21. The van der Waals surface area contributed by atoms with Gasteiger partial charge in [-0.25, -0.2) is 0 Å². The van der Waals surface area contributed by atoms with Crippen molar-refractivity contribution in [2.45, 2.75) is 25.8 Å². The number of ketones is 1. The van der Waals surface area contributed by atoms with Crippen molar-refractivity contribution in [2.24, 2.45) is 5.92 Å². The zero-order chi connectivity index (χ0) is 13.9. The predicted octanol–water partition coefficient (Wildman–Crippen LogP) is 2.12. The van der Waals surface area contributed by atoms with E-state index in [9.17, 15) is 14.4 Å². The molecule has 98 valence electrons. The summed E-state index contributed by atoms with van der Waals surface area (Å²) < 4.78 is 0.830. The van der Waals surface area contributed by atoms with Gasteiger partial charge in [0.05, 0.1) is 0 Å². The Kier molecular flexibility index (Phi) is 2.64. The van der Waals surface area contributed by atoms with Gasteiger partial charge in [-0.3, -0.25) is 19.3 Å². The summed E-state index contributed by atoms with van der Waals surface area (Å²) in [5.41, 5.74) is 1.48. The second kappa shape index (κ2) is 4.00. The normalized spacial score (nSPS) is 28.6. The summed E-state index contributed by atoms with van der Waals surface area (Å²) in [6.07, 6.45) is 0. The first-order valence-electron chi connectivity index (χ1n) is 6.11. The molecule has 5 heteroatoms. The molecule has 1 aromatic rings. The first-order valence-corrected chi connectivity index (χ1v) is 6.90. The van der Waals surface area contributed by atoms with Crippen molar-refractivity contribution >= 4 is 33.5 Å². The molecule has 0 bridgehead atoms. The maximum Gasteiger partial charge on any atom is 0.233 e. The number of likely N-dealkylation sites (tertiary alicyclic amines) is 1. The summed E-state index contributed by atoms with van der Waals surface area (Å²) in [6, 6.07) is 4.76. The lowest BCUT2D eigenvalue weighted by molar-refractivity contribution is -0.143. The third-order valence-electron chi connectivity index (χ3n) is 4.04. The highest BCUT2D eigenvalue weighted by Crippen LogP contribution is 2.49. The van der Waals surface area contributed by atoms with Crippen LogP contribution in [0.5, 0.6) is 0 Å². The van der Waals surface area contributed by atoms with E-state index in [1.165, 1.54) is 6.92 Å². The van der Waals surface area contributed by atoms with E-state index < -0.39 is 6.04 Å². The van der Waals surface area contributed by atoms with E-state index in [4.69, 9.17) is 0 Å². The minimum absolute atomic E-state index is 0.130. The van der Waals surface area contributed by atoms with Crippen molar-refractivity contribution in [1.82, 2.24) is 4.90 Å². The van der Waals surface area contributed by atoms with Gasteiger partial charge in [0, 0.05) is 28.8 Å². The molecule has 3 atom stereocenters. The molecule has 1 heterocycles.